The van der Waals surface area contributed by atoms with Gasteiger partial charge in [-0.3, -0.25) is 9.59 Å². The Bertz CT molecular complexity index is 603. The smallest absolute Gasteiger partial charge is 0.255 e. The van der Waals surface area contributed by atoms with E-state index in [1.165, 1.54) is 0 Å². The van der Waals surface area contributed by atoms with Crippen molar-refractivity contribution in [3.05, 3.63) is 65.7 Å². The van der Waals surface area contributed by atoms with Gasteiger partial charge in [0.25, 0.3) is 5.91 Å². The molecule has 0 fully saturated rings. The standard InChI is InChI=1S/C18H19NO2/c1-2-3-9-17(20)14-10-12-15(13-11-14)18(21)19-16-7-5-4-6-8-16/h4-8,10-13H,2-3,9H2,1H3,(H,19,21). The predicted molar refractivity (Wildman–Crippen MR) is 84.7 cm³/mol. The second kappa shape index (κ2) is 7.39. The molecule has 0 bridgehead atoms. The molecule has 0 aliphatic heterocycles. The molecular formula is C18H19NO2. The van der Waals surface area contributed by atoms with Crippen molar-refractivity contribution in [1.29, 1.82) is 0 Å². The summed E-state index contributed by atoms with van der Waals surface area (Å²) in [6, 6.07) is 16.1. The molecule has 1 amide bonds. The van der Waals surface area contributed by atoms with Gasteiger partial charge in [-0.1, -0.05) is 43.7 Å². The van der Waals surface area contributed by atoms with Gasteiger partial charge in [-0.05, 0) is 30.7 Å². The van der Waals surface area contributed by atoms with Crippen LogP contribution < -0.4 is 5.32 Å². The lowest BCUT2D eigenvalue weighted by Gasteiger charge is -2.06. The summed E-state index contributed by atoms with van der Waals surface area (Å²) >= 11 is 0. The molecule has 2 aromatic carbocycles. The maximum absolute atomic E-state index is 12.1. The van der Waals surface area contributed by atoms with Crippen molar-refractivity contribution in [2.75, 3.05) is 5.32 Å². The third-order valence-corrected chi connectivity index (χ3v) is 3.26. The molecule has 0 saturated carbocycles. The lowest BCUT2D eigenvalue weighted by molar-refractivity contribution is 0.0977. The van der Waals surface area contributed by atoms with E-state index in [0.29, 0.717) is 17.5 Å². The largest absolute Gasteiger partial charge is 0.322 e. The van der Waals surface area contributed by atoms with Gasteiger partial charge in [0.1, 0.15) is 0 Å². The Hall–Kier alpha value is -2.42. The van der Waals surface area contributed by atoms with Crippen molar-refractivity contribution in [1.82, 2.24) is 0 Å². The van der Waals surface area contributed by atoms with Gasteiger partial charge in [-0.15, -0.1) is 0 Å². The Balaban J connectivity index is 2.01. The molecule has 2 rings (SSSR count). The number of hydrogen-bond donors (Lipinski definition) is 1. The number of unbranched alkanes of at least 4 members (excludes halogenated alkanes) is 1. The third kappa shape index (κ3) is 4.28. The van der Waals surface area contributed by atoms with Crippen molar-refractivity contribution >= 4 is 17.4 Å². The maximum Gasteiger partial charge on any atom is 0.255 e. The van der Waals surface area contributed by atoms with E-state index in [-0.39, 0.29) is 11.7 Å². The predicted octanol–water partition coefficient (Wildman–Crippen LogP) is 4.31. The molecule has 0 atom stereocenters. The van der Waals surface area contributed by atoms with E-state index in [2.05, 4.69) is 12.2 Å². The van der Waals surface area contributed by atoms with Gasteiger partial charge in [0, 0.05) is 23.2 Å². The van der Waals surface area contributed by atoms with Gasteiger partial charge < -0.3 is 5.32 Å². The first-order valence-corrected chi connectivity index (χ1v) is 7.20. The van der Waals surface area contributed by atoms with Crippen LogP contribution in [0.15, 0.2) is 54.6 Å². The van der Waals surface area contributed by atoms with Crippen LogP contribution in [0.1, 0.15) is 46.9 Å². The summed E-state index contributed by atoms with van der Waals surface area (Å²) in [4.78, 5) is 23.9. The lowest BCUT2D eigenvalue weighted by atomic mass is 10.0. The minimum atomic E-state index is -0.172. The fraction of sp³-hybridized carbons (Fsp3) is 0.222. The first kappa shape index (κ1) is 15.0. The highest BCUT2D eigenvalue weighted by Gasteiger charge is 2.08. The van der Waals surface area contributed by atoms with E-state index in [9.17, 15) is 9.59 Å². The molecular weight excluding hydrogens is 262 g/mol. The van der Waals surface area contributed by atoms with Crippen LogP contribution in [0.2, 0.25) is 0 Å². The number of amides is 1. The molecule has 0 aliphatic rings. The Morgan fingerprint density at radius 3 is 2.14 bits per heavy atom. The average Bonchev–Trinajstić information content (AvgIpc) is 2.53. The van der Waals surface area contributed by atoms with E-state index < -0.39 is 0 Å². The number of nitrogens with one attached hydrogen (secondary N) is 1. The Morgan fingerprint density at radius 1 is 0.905 bits per heavy atom. The van der Waals surface area contributed by atoms with Crippen molar-refractivity contribution in [3.63, 3.8) is 0 Å². The number of Topliss-reactive ketones (excluding diaryl/α,β-unsaturated/α-hetero) is 1. The Kier molecular flexibility index (Phi) is 5.27. The molecule has 0 heterocycles. The molecule has 2 aromatic rings. The number of ketones is 1. The molecule has 1 N–H and O–H groups in total. The fourth-order valence-electron chi connectivity index (χ4n) is 2.01. The molecule has 0 aliphatic carbocycles. The van der Waals surface area contributed by atoms with Crippen LogP contribution in [0.3, 0.4) is 0 Å². The summed E-state index contributed by atoms with van der Waals surface area (Å²) in [5, 5.41) is 2.82. The molecule has 0 radical (unpaired) electrons. The van der Waals surface area contributed by atoms with Crippen LogP contribution in [-0.4, -0.2) is 11.7 Å². The zero-order chi connectivity index (χ0) is 15.1. The van der Waals surface area contributed by atoms with Gasteiger partial charge in [0.2, 0.25) is 0 Å². The molecule has 0 unspecified atom stereocenters. The second-order valence-electron chi connectivity index (χ2n) is 4.92. The van der Waals surface area contributed by atoms with Crippen LogP contribution in [0, 0.1) is 0 Å². The minimum absolute atomic E-state index is 0.131. The van der Waals surface area contributed by atoms with E-state index in [4.69, 9.17) is 0 Å². The monoisotopic (exact) mass is 281 g/mol. The molecule has 3 heteroatoms. The van der Waals surface area contributed by atoms with Gasteiger partial charge in [-0.2, -0.15) is 0 Å². The van der Waals surface area contributed by atoms with Crippen molar-refractivity contribution in [2.45, 2.75) is 26.2 Å². The highest BCUT2D eigenvalue weighted by Crippen LogP contribution is 2.12. The summed E-state index contributed by atoms with van der Waals surface area (Å²) in [5.74, 6) is -0.0411. The quantitative estimate of drug-likeness (QED) is 0.802. The maximum atomic E-state index is 12.1. The SMILES string of the molecule is CCCCC(=O)c1ccc(C(=O)Nc2ccccc2)cc1. The second-order valence-corrected chi connectivity index (χ2v) is 4.92. The van der Waals surface area contributed by atoms with Gasteiger partial charge in [-0.25, -0.2) is 0 Å². The first-order valence-electron chi connectivity index (χ1n) is 7.20. The topological polar surface area (TPSA) is 46.2 Å². The summed E-state index contributed by atoms with van der Waals surface area (Å²) in [5.41, 5.74) is 1.97. The van der Waals surface area contributed by atoms with E-state index >= 15 is 0 Å². The van der Waals surface area contributed by atoms with Crippen LogP contribution >= 0.6 is 0 Å². The normalized spacial score (nSPS) is 10.1. The van der Waals surface area contributed by atoms with Gasteiger partial charge >= 0.3 is 0 Å². The highest BCUT2D eigenvalue weighted by atomic mass is 16.1. The molecule has 3 nitrogen and oxygen atoms in total. The molecule has 21 heavy (non-hydrogen) atoms. The van der Waals surface area contributed by atoms with Crippen molar-refractivity contribution < 1.29 is 9.59 Å². The van der Waals surface area contributed by atoms with Gasteiger partial charge in [0.05, 0.1) is 0 Å². The summed E-state index contributed by atoms with van der Waals surface area (Å²) in [7, 11) is 0. The van der Waals surface area contributed by atoms with Crippen LogP contribution in [0.4, 0.5) is 5.69 Å². The van der Waals surface area contributed by atoms with E-state index in [1.807, 2.05) is 30.3 Å². The zero-order valence-electron chi connectivity index (χ0n) is 12.1. The number of benzene rings is 2. The number of hydrogen-bond acceptors (Lipinski definition) is 2. The molecule has 0 saturated heterocycles. The average molecular weight is 281 g/mol. The Morgan fingerprint density at radius 2 is 1.52 bits per heavy atom. The number of carbonyl (C=O) groups excluding carboxylic acids is 2. The molecule has 108 valence electrons. The number of para-hydroxylation sites is 1. The summed E-state index contributed by atoms with van der Waals surface area (Å²) in [6.07, 6.45) is 2.46. The van der Waals surface area contributed by atoms with Crippen LogP contribution in [-0.2, 0) is 0 Å². The van der Waals surface area contributed by atoms with Crippen molar-refractivity contribution in [2.24, 2.45) is 0 Å². The fourth-order valence-corrected chi connectivity index (χ4v) is 2.01. The number of carbonyl (C=O) groups is 2. The summed E-state index contributed by atoms with van der Waals surface area (Å²) in [6.45, 7) is 2.06. The number of rotatable bonds is 6. The van der Waals surface area contributed by atoms with Crippen LogP contribution in [0.25, 0.3) is 0 Å². The first-order chi connectivity index (χ1) is 10.2. The van der Waals surface area contributed by atoms with Crippen LogP contribution in [0.5, 0.6) is 0 Å². The third-order valence-electron chi connectivity index (χ3n) is 3.26. The van der Waals surface area contributed by atoms with Crippen molar-refractivity contribution in [3.8, 4) is 0 Å². The Labute approximate surface area is 125 Å². The van der Waals surface area contributed by atoms with E-state index in [0.717, 1.165) is 18.5 Å². The summed E-state index contributed by atoms with van der Waals surface area (Å²) < 4.78 is 0. The highest BCUT2D eigenvalue weighted by molar-refractivity contribution is 6.05. The molecule has 0 spiro atoms. The number of anilines is 1. The molecule has 0 aromatic heterocycles. The van der Waals surface area contributed by atoms with E-state index in [1.54, 1.807) is 24.3 Å². The lowest BCUT2D eigenvalue weighted by Crippen LogP contribution is -2.12. The van der Waals surface area contributed by atoms with Gasteiger partial charge in [0.15, 0.2) is 5.78 Å². The zero-order valence-corrected chi connectivity index (χ0v) is 12.1. The minimum Gasteiger partial charge on any atom is -0.322 e.